The first-order valence-electron chi connectivity index (χ1n) is 10.7. The molecule has 1 aliphatic heterocycles. The Hall–Kier alpha value is -3.13. The predicted octanol–water partition coefficient (Wildman–Crippen LogP) is 3.36. The number of nitrogens with one attached hydrogen (secondary N) is 1. The van der Waals surface area contributed by atoms with Gasteiger partial charge in [0.15, 0.2) is 15.5 Å². The highest BCUT2D eigenvalue weighted by Gasteiger charge is 2.27. The Bertz CT molecular complexity index is 1280. The van der Waals surface area contributed by atoms with Crippen molar-refractivity contribution in [2.75, 3.05) is 12.8 Å². The largest absolute Gasteiger partial charge is 0.488 e. The Labute approximate surface area is 186 Å². The Morgan fingerprint density at radius 3 is 2.62 bits per heavy atom. The normalized spacial score (nSPS) is 17.3. The van der Waals surface area contributed by atoms with Gasteiger partial charge in [-0.25, -0.2) is 8.42 Å². The minimum atomic E-state index is -3.22. The van der Waals surface area contributed by atoms with Gasteiger partial charge in [-0.15, -0.1) is 0 Å². The maximum atomic E-state index is 12.6. The van der Waals surface area contributed by atoms with E-state index in [1.165, 1.54) is 6.26 Å². The van der Waals surface area contributed by atoms with Gasteiger partial charge < -0.3 is 14.6 Å². The Morgan fingerprint density at radius 2 is 1.84 bits per heavy atom. The fraction of sp³-hybridized carbons (Fsp3) is 0.333. The maximum Gasteiger partial charge on any atom is 0.273 e. The average molecular weight is 453 g/mol. The summed E-state index contributed by atoms with van der Waals surface area (Å²) in [5, 5.41) is 6.92. The lowest BCUT2D eigenvalue weighted by Gasteiger charge is -2.12. The molecular weight excluding hydrogens is 428 g/mol. The molecule has 2 aromatic carbocycles. The smallest absolute Gasteiger partial charge is 0.273 e. The number of carbonyl (C=O) groups is 1. The minimum Gasteiger partial charge on any atom is -0.488 e. The number of amides is 1. The number of hydrogen-bond donors (Lipinski definition) is 1. The van der Waals surface area contributed by atoms with Crippen molar-refractivity contribution in [2.45, 2.75) is 43.1 Å². The molecule has 8 heteroatoms. The van der Waals surface area contributed by atoms with Crippen LogP contribution in [0.3, 0.4) is 0 Å². The molecular formula is C24H24N2O5S. The van der Waals surface area contributed by atoms with E-state index in [0.29, 0.717) is 23.6 Å². The third kappa shape index (κ3) is 4.02. The predicted molar refractivity (Wildman–Crippen MR) is 119 cm³/mol. The van der Waals surface area contributed by atoms with E-state index in [4.69, 9.17) is 9.26 Å². The molecule has 7 nitrogen and oxygen atoms in total. The number of sulfone groups is 1. The summed E-state index contributed by atoms with van der Waals surface area (Å²) in [6.45, 7) is 0.382. The quantitative estimate of drug-likeness (QED) is 0.637. The van der Waals surface area contributed by atoms with Crippen molar-refractivity contribution in [3.63, 3.8) is 0 Å². The zero-order valence-corrected chi connectivity index (χ0v) is 18.6. The highest BCUT2D eigenvalue weighted by atomic mass is 32.2. The van der Waals surface area contributed by atoms with Gasteiger partial charge in [0, 0.05) is 24.7 Å². The summed E-state index contributed by atoms with van der Waals surface area (Å²) in [6, 6.07) is 12.8. The topological polar surface area (TPSA) is 98.5 Å². The summed E-state index contributed by atoms with van der Waals surface area (Å²) < 4.78 is 34.7. The number of aryl methyl sites for hydroxylation is 1. The number of rotatable bonds is 5. The van der Waals surface area contributed by atoms with E-state index < -0.39 is 9.84 Å². The number of ether oxygens (including phenoxy) is 1. The van der Waals surface area contributed by atoms with Gasteiger partial charge in [-0.05, 0) is 60.2 Å². The Morgan fingerprint density at radius 1 is 1.09 bits per heavy atom. The van der Waals surface area contributed by atoms with Gasteiger partial charge in [-0.3, -0.25) is 4.79 Å². The molecule has 166 valence electrons. The molecule has 32 heavy (non-hydrogen) atoms. The second-order valence-electron chi connectivity index (χ2n) is 8.41. The molecule has 1 N–H and O–H groups in total. The lowest BCUT2D eigenvalue weighted by molar-refractivity contribution is 0.0923. The third-order valence-corrected chi connectivity index (χ3v) is 7.20. The van der Waals surface area contributed by atoms with Crippen LogP contribution >= 0.6 is 0 Å². The lowest BCUT2D eigenvalue weighted by Crippen LogP contribution is -2.35. The summed E-state index contributed by atoms with van der Waals surface area (Å²) in [5.41, 5.74) is 4.33. The number of carbonyl (C=O) groups excluding carboxylic acids is 1. The molecule has 1 aliphatic carbocycles. The molecule has 1 amide bonds. The first-order chi connectivity index (χ1) is 15.4. The van der Waals surface area contributed by atoms with Gasteiger partial charge in [0.1, 0.15) is 17.6 Å². The number of nitrogens with zero attached hydrogens (tertiary/aromatic N) is 1. The SMILES string of the molecule is CS(=O)(=O)c1ccc(-c2ccc3c(c2)CC(CNC(=O)c2noc4c2CCCC4)O3)cc1. The fourth-order valence-corrected chi connectivity index (χ4v) is 4.99. The van der Waals surface area contributed by atoms with Crippen LogP contribution in [-0.2, 0) is 29.1 Å². The molecule has 1 aromatic heterocycles. The molecule has 0 saturated heterocycles. The second kappa shape index (κ2) is 8.09. The summed E-state index contributed by atoms with van der Waals surface area (Å²) in [6.07, 6.45) is 5.53. The van der Waals surface area contributed by atoms with E-state index >= 15 is 0 Å². The molecule has 0 radical (unpaired) electrons. The van der Waals surface area contributed by atoms with E-state index in [9.17, 15) is 13.2 Å². The summed E-state index contributed by atoms with van der Waals surface area (Å²) in [4.78, 5) is 12.9. The highest BCUT2D eigenvalue weighted by molar-refractivity contribution is 7.90. The fourth-order valence-electron chi connectivity index (χ4n) is 4.36. The van der Waals surface area contributed by atoms with Crippen LogP contribution in [0.5, 0.6) is 5.75 Å². The molecule has 1 unspecified atom stereocenters. The van der Waals surface area contributed by atoms with Gasteiger partial charge in [0.05, 0.1) is 11.4 Å². The molecule has 0 spiro atoms. The van der Waals surface area contributed by atoms with E-state index in [1.54, 1.807) is 12.1 Å². The van der Waals surface area contributed by atoms with Crippen molar-refractivity contribution in [1.82, 2.24) is 10.5 Å². The monoisotopic (exact) mass is 452 g/mol. The molecule has 0 bridgehead atoms. The van der Waals surface area contributed by atoms with Crippen molar-refractivity contribution in [1.29, 1.82) is 0 Å². The first kappa shape index (κ1) is 20.8. The van der Waals surface area contributed by atoms with Crippen molar-refractivity contribution in [3.8, 4) is 16.9 Å². The summed E-state index contributed by atoms with van der Waals surface area (Å²) in [5.74, 6) is 1.42. The molecule has 0 fully saturated rings. The van der Waals surface area contributed by atoms with Crippen molar-refractivity contribution < 1.29 is 22.5 Å². The van der Waals surface area contributed by atoms with Crippen LogP contribution in [0.2, 0.25) is 0 Å². The van der Waals surface area contributed by atoms with Crippen LogP contribution < -0.4 is 10.1 Å². The third-order valence-electron chi connectivity index (χ3n) is 6.07. The van der Waals surface area contributed by atoms with E-state index in [0.717, 1.165) is 59.4 Å². The number of hydrogen-bond acceptors (Lipinski definition) is 6. The zero-order valence-electron chi connectivity index (χ0n) is 17.8. The molecule has 0 saturated carbocycles. The van der Waals surface area contributed by atoms with Crippen LogP contribution in [0, 0.1) is 0 Å². The second-order valence-corrected chi connectivity index (χ2v) is 10.4. The average Bonchev–Trinajstić information content (AvgIpc) is 3.40. The molecule has 1 atom stereocenters. The van der Waals surface area contributed by atoms with Gasteiger partial charge in [-0.1, -0.05) is 23.4 Å². The minimum absolute atomic E-state index is 0.153. The maximum absolute atomic E-state index is 12.6. The van der Waals surface area contributed by atoms with Crippen LogP contribution in [0.4, 0.5) is 0 Å². The van der Waals surface area contributed by atoms with Crippen LogP contribution in [0.15, 0.2) is 51.9 Å². The number of benzene rings is 2. The van der Waals surface area contributed by atoms with Crippen LogP contribution in [0.1, 0.15) is 40.2 Å². The van der Waals surface area contributed by atoms with E-state index in [1.807, 2.05) is 24.3 Å². The van der Waals surface area contributed by atoms with Crippen LogP contribution in [0.25, 0.3) is 11.1 Å². The summed E-state index contributed by atoms with van der Waals surface area (Å²) >= 11 is 0. The summed E-state index contributed by atoms with van der Waals surface area (Å²) in [7, 11) is -3.22. The molecule has 2 heterocycles. The van der Waals surface area contributed by atoms with Gasteiger partial charge in [-0.2, -0.15) is 0 Å². The molecule has 2 aliphatic rings. The zero-order chi connectivity index (χ0) is 22.3. The lowest BCUT2D eigenvalue weighted by atomic mass is 9.96. The van der Waals surface area contributed by atoms with E-state index in [2.05, 4.69) is 16.5 Å². The Balaban J connectivity index is 1.24. The van der Waals surface area contributed by atoms with Crippen molar-refractivity contribution in [2.24, 2.45) is 0 Å². The molecule has 3 aromatic rings. The van der Waals surface area contributed by atoms with Crippen LogP contribution in [-0.4, -0.2) is 38.4 Å². The Kier molecular flexibility index (Phi) is 5.25. The first-order valence-corrected chi connectivity index (χ1v) is 12.6. The van der Waals surface area contributed by atoms with Crippen molar-refractivity contribution in [3.05, 3.63) is 65.0 Å². The molecule has 5 rings (SSSR count). The van der Waals surface area contributed by atoms with Gasteiger partial charge >= 0.3 is 0 Å². The highest BCUT2D eigenvalue weighted by Crippen LogP contribution is 2.33. The number of fused-ring (bicyclic) bond motifs is 2. The van der Waals surface area contributed by atoms with Crippen molar-refractivity contribution >= 4 is 15.7 Å². The van der Waals surface area contributed by atoms with E-state index in [-0.39, 0.29) is 12.0 Å². The standard InChI is InChI=1S/C24H24N2O5S/c1-32(28,29)19-9-6-15(7-10-19)16-8-11-21-17(12-16)13-18(30-21)14-25-24(27)23-20-4-2-3-5-22(20)31-26-23/h6-12,18H,2-5,13-14H2,1H3,(H,25,27). The van der Waals surface area contributed by atoms with Gasteiger partial charge in [0.25, 0.3) is 5.91 Å². The van der Waals surface area contributed by atoms with Gasteiger partial charge in [0.2, 0.25) is 0 Å². The number of aromatic nitrogens is 1.